The van der Waals surface area contributed by atoms with Crippen LogP contribution < -0.4 is 4.74 Å². The average molecular weight is 226 g/mol. The zero-order chi connectivity index (χ0) is 12.2. The number of halogens is 1. The second-order valence-electron chi connectivity index (χ2n) is 4.13. The van der Waals surface area contributed by atoms with E-state index in [1.165, 1.54) is 12.1 Å². The number of hydrogen-bond donors (Lipinski definition) is 1. The molecule has 0 aliphatic rings. The van der Waals surface area contributed by atoms with E-state index in [1.54, 1.807) is 6.07 Å². The zero-order valence-corrected chi connectivity index (χ0v) is 10.1. The van der Waals surface area contributed by atoms with Crippen molar-refractivity contribution in [2.45, 2.75) is 39.2 Å². The normalized spacial score (nSPS) is 11.6. The Morgan fingerprint density at radius 3 is 2.50 bits per heavy atom. The molecule has 0 unspecified atom stereocenters. The predicted molar refractivity (Wildman–Crippen MR) is 62.2 cm³/mol. The van der Waals surface area contributed by atoms with Gasteiger partial charge >= 0.3 is 0 Å². The molecule has 1 aromatic carbocycles. The van der Waals surface area contributed by atoms with Crippen LogP contribution in [0.3, 0.4) is 0 Å². The second kappa shape index (κ2) is 5.30. The van der Waals surface area contributed by atoms with E-state index in [0.29, 0.717) is 18.6 Å². The van der Waals surface area contributed by atoms with Crippen LogP contribution >= 0.6 is 0 Å². The van der Waals surface area contributed by atoms with Crippen molar-refractivity contribution in [3.8, 4) is 5.75 Å². The minimum Gasteiger partial charge on any atom is -0.490 e. The summed E-state index contributed by atoms with van der Waals surface area (Å²) in [7, 11) is 0. The monoisotopic (exact) mass is 226 g/mol. The van der Waals surface area contributed by atoms with Crippen molar-refractivity contribution >= 4 is 0 Å². The summed E-state index contributed by atoms with van der Waals surface area (Å²) < 4.78 is 18.5. The maximum absolute atomic E-state index is 13.0. The topological polar surface area (TPSA) is 29.5 Å². The lowest BCUT2D eigenvalue weighted by Crippen LogP contribution is -2.34. The van der Waals surface area contributed by atoms with Gasteiger partial charge in [-0.25, -0.2) is 4.39 Å². The van der Waals surface area contributed by atoms with E-state index in [2.05, 4.69) is 0 Å². The molecule has 2 nitrogen and oxygen atoms in total. The quantitative estimate of drug-likeness (QED) is 0.836. The molecule has 0 saturated carbocycles. The van der Waals surface area contributed by atoms with Crippen LogP contribution in [0.25, 0.3) is 0 Å². The molecule has 0 amide bonds. The van der Waals surface area contributed by atoms with Crippen molar-refractivity contribution in [1.82, 2.24) is 0 Å². The van der Waals surface area contributed by atoms with Crippen LogP contribution in [-0.4, -0.2) is 17.3 Å². The van der Waals surface area contributed by atoms with E-state index in [0.717, 1.165) is 5.56 Å². The van der Waals surface area contributed by atoms with Gasteiger partial charge in [0, 0.05) is 6.07 Å². The van der Waals surface area contributed by atoms with Gasteiger partial charge in [-0.1, -0.05) is 19.9 Å². The smallest absolute Gasteiger partial charge is 0.126 e. The molecule has 16 heavy (non-hydrogen) atoms. The van der Waals surface area contributed by atoms with Gasteiger partial charge in [0.25, 0.3) is 0 Å². The molecule has 0 saturated heterocycles. The van der Waals surface area contributed by atoms with E-state index >= 15 is 0 Å². The SMILES string of the molecule is CCC(O)(CC)COc1cc(F)ccc1C. The Morgan fingerprint density at radius 2 is 1.94 bits per heavy atom. The minimum atomic E-state index is -0.821. The van der Waals surface area contributed by atoms with Crippen molar-refractivity contribution in [2.75, 3.05) is 6.61 Å². The van der Waals surface area contributed by atoms with Crippen LogP contribution in [0.4, 0.5) is 4.39 Å². The largest absolute Gasteiger partial charge is 0.490 e. The Balaban J connectivity index is 2.70. The van der Waals surface area contributed by atoms with E-state index in [1.807, 2.05) is 20.8 Å². The van der Waals surface area contributed by atoms with Gasteiger partial charge in [0.15, 0.2) is 0 Å². The van der Waals surface area contributed by atoms with Crippen LogP contribution in [0, 0.1) is 12.7 Å². The van der Waals surface area contributed by atoms with Crippen LogP contribution in [0.15, 0.2) is 18.2 Å². The Morgan fingerprint density at radius 1 is 1.31 bits per heavy atom. The fourth-order valence-electron chi connectivity index (χ4n) is 1.40. The summed E-state index contributed by atoms with van der Waals surface area (Å²) in [6, 6.07) is 4.41. The number of rotatable bonds is 5. The van der Waals surface area contributed by atoms with Crippen molar-refractivity contribution in [2.24, 2.45) is 0 Å². The minimum absolute atomic E-state index is 0.199. The maximum Gasteiger partial charge on any atom is 0.126 e. The molecule has 0 radical (unpaired) electrons. The summed E-state index contributed by atoms with van der Waals surface area (Å²) in [5.41, 5.74) is 0.0506. The average Bonchev–Trinajstić information content (AvgIpc) is 2.30. The van der Waals surface area contributed by atoms with Gasteiger partial charge < -0.3 is 9.84 Å². The summed E-state index contributed by atoms with van der Waals surface area (Å²) in [5.74, 6) is 0.178. The van der Waals surface area contributed by atoms with E-state index < -0.39 is 5.60 Å². The molecule has 1 aromatic rings. The molecule has 0 aliphatic carbocycles. The first-order valence-corrected chi connectivity index (χ1v) is 5.62. The Kier molecular flexibility index (Phi) is 4.30. The summed E-state index contributed by atoms with van der Waals surface area (Å²) in [4.78, 5) is 0. The van der Waals surface area contributed by atoms with Gasteiger partial charge in [-0.3, -0.25) is 0 Å². The first kappa shape index (κ1) is 13.0. The van der Waals surface area contributed by atoms with Gasteiger partial charge in [0.1, 0.15) is 18.2 Å². The molecule has 0 heterocycles. The molecule has 0 aromatic heterocycles. The number of aliphatic hydroxyl groups is 1. The van der Waals surface area contributed by atoms with E-state index in [9.17, 15) is 9.50 Å². The predicted octanol–water partition coefficient (Wildman–Crippen LogP) is 3.06. The molecule has 1 rings (SSSR count). The van der Waals surface area contributed by atoms with Crippen molar-refractivity contribution in [1.29, 1.82) is 0 Å². The molecular formula is C13H19FO2. The maximum atomic E-state index is 13.0. The van der Waals surface area contributed by atoms with E-state index in [-0.39, 0.29) is 12.4 Å². The first-order valence-electron chi connectivity index (χ1n) is 5.62. The fraction of sp³-hybridized carbons (Fsp3) is 0.538. The molecule has 0 spiro atoms. The van der Waals surface area contributed by atoms with Gasteiger partial charge in [-0.2, -0.15) is 0 Å². The molecule has 0 fully saturated rings. The molecule has 0 bridgehead atoms. The lowest BCUT2D eigenvalue weighted by molar-refractivity contribution is -0.0116. The van der Waals surface area contributed by atoms with Crippen molar-refractivity contribution in [3.63, 3.8) is 0 Å². The summed E-state index contributed by atoms with van der Waals surface area (Å²) in [6.07, 6.45) is 1.25. The highest BCUT2D eigenvalue weighted by Crippen LogP contribution is 2.22. The van der Waals surface area contributed by atoms with Crippen LogP contribution in [0.2, 0.25) is 0 Å². The first-order chi connectivity index (χ1) is 7.50. The third-order valence-electron chi connectivity index (χ3n) is 2.96. The summed E-state index contributed by atoms with van der Waals surface area (Å²) in [5, 5.41) is 10.0. The van der Waals surface area contributed by atoms with Crippen LogP contribution in [0.1, 0.15) is 32.3 Å². The molecule has 0 aliphatic heterocycles. The third-order valence-corrected chi connectivity index (χ3v) is 2.96. The Hall–Kier alpha value is -1.09. The van der Waals surface area contributed by atoms with Crippen molar-refractivity contribution in [3.05, 3.63) is 29.6 Å². The van der Waals surface area contributed by atoms with Crippen molar-refractivity contribution < 1.29 is 14.2 Å². The molecule has 1 N–H and O–H groups in total. The highest BCUT2D eigenvalue weighted by molar-refractivity contribution is 5.32. The third kappa shape index (κ3) is 3.20. The van der Waals surface area contributed by atoms with Gasteiger partial charge in [-0.15, -0.1) is 0 Å². The fourth-order valence-corrected chi connectivity index (χ4v) is 1.40. The summed E-state index contributed by atoms with van der Waals surface area (Å²) >= 11 is 0. The summed E-state index contributed by atoms with van der Waals surface area (Å²) in [6.45, 7) is 5.87. The number of benzene rings is 1. The lowest BCUT2D eigenvalue weighted by Gasteiger charge is -2.25. The number of ether oxygens (including phenoxy) is 1. The standard InChI is InChI=1S/C13H19FO2/c1-4-13(15,5-2)9-16-12-8-11(14)7-6-10(12)3/h6-8,15H,4-5,9H2,1-3H3. The lowest BCUT2D eigenvalue weighted by atomic mass is 9.99. The molecular weight excluding hydrogens is 207 g/mol. The number of hydrogen-bond acceptors (Lipinski definition) is 2. The van der Waals surface area contributed by atoms with Gasteiger partial charge in [0.2, 0.25) is 0 Å². The highest BCUT2D eigenvalue weighted by atomic mass is 19.1. The molecule has 3 heteroatoms. The Labute approximate surface area is 96.1 Å². The van der Waals surface area contributed by atoms with Crippen LogP contribution in [0.5, 0.6) is 5.75 Å². The van der Waals surface area contributed by atoms with Gasteiger partial charge in [0.05, 0.1) is 5.60 Å². The second-order valence-corrected chi connectivity index (χ2v) is 4.13. The van der Waals surface area contributed by atoms with Crippen LogP contribution in [-0.2, 0) is 0 Å². The van der Waals surface area contributed by atoms with Gasteiger partial charge in [-0.05, 0) is 31.4 Å². The highest BCUT2D eigenvalue weighted by Gasteiger charge is 2.23. The van der Waals surface area contributed by atoms with E-state index in [4.69, 9.17) is 4.74 Å². The molecule has 90 valence electrons. The zero-order valence-electron chi connectivity index (χ0n) is 10.1. The Bertz CT molecular complexity index is 346. The number of aryl methyl sites for hydroxylation is 1. The molecule has 0 atom stereocenters.